The van der Waals surface area contributed by atoms with Crippen LogP contribution in [0.5, 0.6) is 5.75 Å². The third-order valence-electron chi connectivity index (χ3n) is 5.17. The van der Waals surface area contributed by atoms with Crippen LogP contribution in [0.15, 0.2) is 53.0 Å². The predicted octanol–water partition coefficient (Wildman–Crippen LogP) is 4.45. The van der Waals surface area contributed by atoms with Gasteiger partial charge in [0.1, 0.15) is 17.3 Å². The van der Waals surface area contributed by atoms with Crippen molar-refractivity contribution in [2.45, 2.75) is 45.1 Å². The number of carboxylic acid groups (broad SMARTS) is 1. The van der Waals surface area contributed by atoms with Gasteiger partial charge < -0.3 is 19.1 Å². The van der Waals surface area contributed by atoms with Crippen LogP contribution < -0.4 is 9.84 Å². The van der Waals surface area contributed by atoms with Crippen LogP contribution in [0.25, 0.3) is 16.8 Å². The highest BCUT2D eigenvalue weighted by Gasteiger charge is 2.27. The molecule has 28 heavy (non-hydrogen) atoms. The van der Waals surface area contributed by atoms with Gasteiger partial charge in [-0.25, -0.2) is 0 Å². The van der Waals surface area contributed by atoms with Gasteiger partial charge in [0.05, 0.1) is 12.1 Å². The number of benzene rings is 2. The summed E-state index contributed by atoms with van der Waals surface area (Å²) in [5, 5.41) is 13.0. The zero-order valence-electron chi connectivity index (χ0n) is 16.1. The van der Waals surface area contributed by atoms with Crippen molar-refractivity contribution in [3.05, 3.63) is 71.2 Å². The maximum atomic E-state index is 10.7. The Balaban J connectivity index is 1.79. The first-order valence-corrected chi connectivity index (χ1v) is 9.73. The van der Waals surface area contributed by atoms with Gasteiger partial charge in [-0.15, -0.1) is 0 Å². The highest BCUT2D eigenvalue weighted by Crippen LogP contribution is 2.42. The second kappa shape index (κ2) is 7.55. The molecule has 144 valence electrons. The maximum Gasteiger partial charge on any atom is 0.127 e. The van der Waals surface area contributed by atoms with Crippen molar-refractivity contribution >= 4 is 22.8 Å². The molecule has 4 rings (SSSR count). The lowest BCUT2D eigenvalue weighted by Gasteiger charge is -2.24. The van der Waals surface area contributed by atoms with E-state index in [4.69, 9.17) is 9.15 Å². The zero-order chi connectivity index (χ0) is 19.7. The minimum absolute atomic E-state index is 0.113. The second-order valence-corrected chi connectivity index (χ2v) is 7.49. The van der Waals surface area contributed by atoms with Crippen molar-refractivity contribution in [2.75, 3.05) is 0 Å². The van der Waals surface area contributed by atoms with Gasteiger partial charge in [-0.3, -0.25) is 0 Å². The summed E-state index contributed by atoms with van der Waals surface area (Å²) in [5.74, 6) is 1.40. The zero-order valence-corrected chi connectivity index (χ0v) is 16.1. The molecule has 0 aliphatic heterocycles. The van der Waals surface area contributed by atoms with E-state index < -0.39 is 5.97 Å². The van der Waals surface area contributed by atoms with Gasteiger partial charge in [0.25, 0.3) is 0 Å². The number of aryl methyl sites for hydroxylation is 1. The summed E-state index contributed by atoms with van der Waals surface area (Å²) in [6.45, 7) is 4.06. The normalized spacial score (nSPS) is 16.6. The number of carboxylic acids is 1. The first-order chi connectivity index (χ1) is 13.5. The first-order valence-electron chi connectivity index (χ1n) is 9.73. The molecule has 1 aromatic heterocycles. The van der Waals surface area contributed by atoms with E-state index in [1.165, 1.54) is 17.0 Å². The molecule has 0 spiro atoms. The fourth-order valence-corrected chi connectivity index (χ4v) is 4.09. The second-order valence-electron chi connectivity index (χ2n) is 7.49. The van der Waals surface area contributed by atoms with Crippen molar-refractivity contribution in [3.8, 4) is 5.75 Å². The van der Waals surface area contributed by atoms with Crippen LogP contribution in [0.1, 0.15) is 55.3 Å². The van der Waals surface area contributed by atoms with Crippen LogP contribution in [0.3, 0.4) is 0 Å². The topological polar surface area (TPSA) is 62.5 Å². The van der Waals surface area contributed by atoms with Gasteiger partial charge in [-0.05, 0) is 61.9 Å². The smallest absolute Gasteiger partial charge is 0.127 e. The molecule has 0 saturated carbocycles. The molecule has 0 amide bonds. The van der Waals surface area contributed by atoms with Crippen LogP contribution in [0, 0.1) is 0 Å². The molecule has 4 heteroatoms. The van der Waals surface area contributed by atoms with E-state index in [1.807, 2.05) is 26.0 Å². The highest BCUT2D eigenvalue weighted by atomic mass is 16.5. The number of furan rings is 1. The summed E-state index contributed by atoms with van der Waals surface area (Å²) in [6, 6.07) is 14.5. The van der Waals surface area contributed by atoms with Crippen molar-refractivity contribution < 1.29 is 19.1 Å². The summed E-state index contributed by atoms with van der Waals surface area (Å²) in [7, 11) is 0. The maximum absolute atomic E-state index is 10.7. The Hall–Kier alpha value is -3.01. The Bertz CT molecular complexity index is 1040. The molecule has 1 unspecified atom stereocenters. The molecule has 1 aliphatic rings. The monoisotopic (exact) mass is 375 g/mol. The molecule has 0 radical (unpaired) electrons. The molecule has 1 heterocycles. The molecule has 4 nitrogen and oxygen atoms in total. The third-order valence-corrected chi connectivity index (χ3v) is 5.17. The summed E-state index contributed by atoms with van der Waals surface area (Å²) in [5.41, 5.74) is 2.40. The number of carbonyl (C=O) groups excluding carboxylic acids is 1. The van der Waals surface area contributed by atoms with E-state index in [0.717, 1.165) is 47.8 Å². The Labute approximate surface area is 164 Å². The molecule has 2 aromatic carbocycles. The Morgan fingerprint density at radius 2 is 1.96 bits per heavy atom. The standard InChI is InChI=1S/C24H24O4/c1-15(2)27-23-12-11-19(17-6-3-4-7-20(17)23)18-8-5-9-22-21(18)14-16(28-22)10-13-24(25)26/h3-4,6-7,10-15,18H,5,8-9H2,1-2H3,(H,25,26)/p-1/b13-10+. The van der Waals surface area contributed by atoms with Crippen LogP contribution in [-0.2, 0) is 11.2 Å². The number of carbonyl (C=O) groups is 1. The summed E-state index contributed by atoms with van der Waals surface area (Å²) >= 11 is 0. The van der Waals surface area contributed by atoms with Crippen molar-refractivity contribution in [1.82, 2.24) is 0 Å². The molecule has 0 fully saturated rings. The van der Waals surface area contributed by atoms with Crippen molar-refractivity contribution in [1.29, 1.82) is 0 Å². The van der Waals surface area contributed by atoms with Crippen molar-refractivity contribution in [2.24, 2.45) is 0 Å². The fraction of sp³-hybridized carbons (Fsp3) is 0.292. The average molecular weight is 375 g/mol. The number of ether oxygens (including phenoxy) is 1. The number of hydrogen-bond acceptors (Lipinski definition) is 4. The lowest BCUT2D eigenvalue weighted by Crippen LogP contribution is -2.18. The van der Waals surface area contributed by atoms with Crippen LogP contribution >= 0.6 is 0 Å². The molecule has 0 saturated heterocycles. The number of rotatable bonds is 5. The number of aliphatic carboxylic acids is 1. The van der Waals surface area contributed by atoms with Gasteiger partial charge in [0.2, 0.25) is 0 Å². The van der Waals surface area contributed by atoms with Crippen molar-refractivity contribution in [3.63, 3.8) is 0 Å². The molecule has 0 N–H and O–H groups in total. The van der Waals surface area contributed by atoms with E-state index in [2.05, 4.69) is 30.3 Å². The first kappa shape index (κ1) is 18.4. The highest BCUT2D eigenvalue weighted by molar-refractivity contribution is 5.92. The van der Waals surface area contributed by atoms with E-state index in [0.29, 0.717) is 5.76 Å². The average Bonchev–Trinajstić information content (AvgIpc) is 3.10. The van der Waals surface area contributed by atoms with E-state index in [9.17, 15) is 9.90 Å². The Kier molecular flexibility index (Phi) is 4.95. The SMILES string of the molecule is CC(C)Oc1ccc(C2CCCc3oc(/C=C/C(=O)[O-])cc32)c2ccccc12. The predicted molar refractivity (Wildman–Crippen MR) is 107 cm³/mol. The van der Waals surface area contributed by atoms with Gasteiger partial charge in [-0.2, -0.15) is 0 Å². The van der Waals surface area contributed by atoms with E-state index in [1.54, 1.807) is 0 Å². The van der Waals surface area contributed by atoms with E-state index in [-0.39, 0.29) is 12.0 Å². The lowest BCUT2D eigenvalue weighted by molar-refractivity contribution is -0.297. The molecule has 1 atom stereocenters. The molecule has 0 bridgehead atoms. The minimum Gasteiger partial charge on any atom is -0.545 e. The summed E-state index contributed by atoms with van der Waals surface area (Å²) in [4.78, 5) is 10.7. The Morgan fingerprint density at radius 3 is 2.71 bits per heavy atom. The van der Waals surface area contributed by atoms with Gasteiger partial charge in [-0.1, -0.05) is 30.3 Å². The van der Waals surface area contributed by atoms with Crippen LogP contribution in [-0.4, -0.2) is 12.1 Å². The fourth-order valence-electron chi connectivity index (χ4n) is 4.09. The van der Waals surface area contributed by atoms with Gasteiger partial charge in [0.15, 0.2) is 0 Å². The van der Waals surface area contributed by atoms with Crippen LogP contribution in [0.2, 0.25) is 0 Å². The Morgan fingerprint density at radius 1 is 1.18 bits per heavy atom. The molecular weight excluding hydrogens is 352 g/mol. The number of hydrogen-bond donors (Lipinski definition) is 0. The van der Waals surface area contributed by atoms with Gasteiger partial charge >= 0.3 is 0 Å². The molecule has 3 aromatic rings. The summed E-state index contributed by atoms with van der Waals surface area (Å²) < 4.78 is 11.9. The minimum atomic E-state index is -1.22. The van der Waals surface area contributed by atoms with E-state index >= 15 is 0 Å². The molecule has 1 aliphatic carbocycles. The largest absolute Gasteiger partial charge is 0.545 e. The quantitative estimate of drug-likeness (QED) is 0.618. The third kappa shape index (κ3) is 3.55. The van der Waals surface area contributed by atoms with Gasteiger partial charge in [0, 0.05) is 23.3 Å². The summed E-state index contributed by atoms with van der Waals surface area (Å²) in [6.07, 6.45) is 5.52. The molecular formula is C24H23O4-. The lowest BCUT2D eigenvalue weighted by atomic mass is 9.80. The van der Waals surface area contributed by atoms with Crippen LogP contribution in [0.4, 0.5) is 0 Å². The number of fused-ring (bicyclic) bond motifs is 2.